The van der Waals surface area contributed by atoms with E-state index in [1.54, 1.807) is 13.8 Å². The summed E-state index contributed by atoms with van der Waals surface area (Å²) in [4.78, 5) is 157. The van der Waals surface area contributed by atoms with E-state index < -0.39 is 132 Å². The lowest BCUT2D eigenvalue weighted by Gasteiger charge is -2.29. The number of carbonyl (C=O) groups excluding carboxylic acids is 9. The van der Waals surface area contributed by atoms with Crippen LogP contribution in [0.15, 0.2) is 25.0 Å². The molecule has 0 aromatic carbocycles. The van der Waals surface area contributed by atoms with E-state index in [0.717, 1.165) is 0 Å². The van der Waals surface area contributed by atoms with Gasteiger partial charge in [-0.05, 0) is 128 Å². The number of nitrogens with one attached hydrogen (secondary N) is 8. The molecule has 37 N–H and O–H groups in total. The first kappa shape index (κ1) is 80.9. The topological polar surface area (TPSA) is 713 Å². The minimum atomic E-state index is -1.65. The van der Waals surface area contributed by atoms with Crippen LogP contribution in [-0.4, -0.2) is 194 Å². The highest BCUT2D eigenvalue weighted by molar-refractivity contribution is 5.98. The molecular formula is C52H103N27O11. The Balaban J connectivity index is 7.31. The summed E-state index contributed by atoms with van der Waals surface area (Å²) < 4.78 is 0. The fraction of sp³-hybridized carbons (Fsp3) is 0.712. The fourth-order valence-corrected chi connectivity index (χ4v) is 8.50. The number of amides is 9. The van der Waals surface area contributed by atoms with Crippen molar-refractivity contribution in [2.45, 2.75) is 184 Å². The van der Waals surface area contributed by atoms with Gasteiger partial charge in [-0.15, -0.1) is 0 Å². The van der Waals surface area contributed by atoms with Crippen LogP contribution in [0.5, 0.6) is 0 Å². The van der Waals surface area contributed by atoms with E-state index in [1.807, 2.05) is 0 Å². The van der Waals surface area contributed by atoms with Crippen LogP contribution in [0.3, 0.4) is 0 Å². The number of hydrogen-bond acceptors (Lipinski definition) is 18. The second kappa shape index (κ2) is 46.1. The van der Waals surface area contributed by atoms with E-state index in [9.17, 15) is 53.1 Å². The Morgan fingerprint density at radius 2 is 0.589 bits per heavy atom. The summed E-state index contributed by atoms with van der Waals surface area (Å²) in [5, 5.41) is 30.6. The summed E-state index contributed by atoms with van der Waals surface area (Å²) >= 11 is 0. The van der Waals surface area contributed by atoms with Crippen LogP contribution >= 0.6 is 0 Å². The lowest BCUT2D eigenvalue weighted by molar-refractivity contribution is -0.143. The van der Waals surface area contributed by atoms with Crippen molar-refractivity contribution >= 4 is 88.9 Å². The number of carboxylic acids is 1. The summed E-state index contributed by atoms with van der Waals surface area (Å²) in [7, 11) is 0. The van der Waals surface area contributed by atoms with Crippen LogP contribution in [0.2, 0.25) is 0 Å². The van der Waals surface area contributed by atoms with Gasteiger partial charge in [0.2, 0.25) is 53.2 Å². The molecule has 0 heterocycles. The zero-order chi connectivity index (χ0) is 68.3. The van der Waals surface area contributed by atoms with E-state index in [0.29, 0.717) is 32.1 Å². The van der Waals surface area contributed by atoms with Crippen LogP contribution < -0.4 is 123 Å². The Bertz CT molecular complexity index is 2430. The molecule has 9 amide bonds. The SMILES string of the molecule is CC(C)[C@H](NC(=O)[C@H](CCCN=C(N)N)NC(=O)[C@H](CCC(N)=O)NC(=O)[C@@H](CCCN=C(N)N)NC(=O)[C@H](CCCN=C(N)N)NC(=O)[C@H](CCCCN)NC(=O)[C@H](CCCCN)NC(=O)[C@H](N)CCCN=C(N)N)C(=O)N[C@H](CCCN=C(N)N)C(=O)O. The minimum absolute atomic E-state index is 0.0126. The molecule has 0 unspecified atom stereocenters. The summed E-state index contributed by atoms with van der Waals surface area (Å²) in [6.07, 6.45) is 1.05. The average Bonchev–Trinajstić information content (AvgIpc) is 2.06. The first-order chi connectivity index (χ1) is 42.4. The summed E-state index contributed by atoms with van der Waals surface area (Å²) in [6.45, 7) is 3.83. The van der Waals surface area contributed by atoms with E-state index in [4.69, 9.17) is 80.3 Å². The number of nitrogens with two attached hydrogens (primary N) is 14. The lowest BCUT2D eigenvalue weighted by Crippen LogP contribution is -2.60. The highest BCUT2D eigenvalue weighted by atomic mass is 16.4. The molecule has 0 aromatic heterocycles. The maximum atomic E-state index is 14.6. The van der Waals surface area contributed by atoms with Crippen molar-refractivity contribution in [3.8, 4) is 0 Å². The molecule has 0 rings (SSSR count). The monoisotopic (exact) mass is 1280 g/mol. The zero-order valence-electron chi connectivity index (χ0n) is 51.8. The fourth-order valence-electron chi connectivity index (χ4n) is 8.50. The predicted molar refractivity (Wildman–Crippen MR) is 340 cm³/mol. The standard InChI is InChI=1S/C52H103N27O11/c1-28(2)38(46(88)78-36(47(89)90)18-11-27-71-52(65)66)79-45(87)34(17-10-26-70-51(63)64)76-44(86)35(19-20-37(56)80)77-43(85)33(16-9-25-69-50(61)62)75-42(84)32(15-8-24-68-49(59)60)74-41(83)31(14-4-6-22-54)73-40(82)30(13-3-5-21-53)72-39(81)29(55)12-7-23-67-48(57)58/h28-36,38H,3-27,53-55H2,1-2H3,(H2,56,80)(H,72,81)(H,73,82)(H,74,83)(H,75,84)(H,76,86)(H,77,85)(H,78,88)(H,79,87)(H,89,90)(H4,57,58,67)(H4,59,60,68)(H4,61,62,69)(H4,63,64,70)(H4,65,66,71)/t29-,30+,31+,32+,33-,34+,35+,36-,38+/m1/s1. The third kappa shape index (κ3) is 37.6. The Kier molecular flexibility index (Phi) is 41.5. The van der Waals surface area contributed by atoms with Gasteiger partial charge in [-0.3, -0.25) is 68.1 Å². The highest BCUT2D eigenvalue weighted by Gasteiger charge is 2.36. The van der Waals surface area contributed by atoms with Gasteiger partial charge in [0, 0.05) is 39.1 Å². The normalized spacial score (nSPS) is 13.8. The Hall–Kier alpha value is -9.07. The number of hydrogen-bond donors (Lipinski definition) is 23. The van der Waals surface area contributed by atoms with Crippen LogP contribution in [-0.2, 0) is 47.9 Å². The first-order valence-electron chi connectivity index (χ1n) is 29.8. The largest absolute Gasteiger partial charge is 0.480 e. The molecule has 38 heteroatoms. The molecule has 0 saturated heterocycles. The second-order valence-corrected chi connectivity index (χ2v) is 21.4. The Morgan fingerprint density at radius 3 is 0.867 bits per heavy atom. The molecule has 0 aliphatic carbocycles. The average molecular weight is 1280 g/mol. The summed E-state index contributed by atoms with van der Waals surface area (Å²) in [5.74, 6) is -11.1. The quantitative estimate of drug-likeness (QED) is 0.0153. The van der Waals surface area contributed by atoms with Crippen molar-refractivity contribution in [2.75, 3.05) is 45.8 Å². The van der Waals surface area contributed by atoms with Gasteiger partial charge in [-0.25, -0.2) is 4.79 Å². The Morgan fingerprint density at radius 1 is 0.333 bits per heavy atom. The van der Waals surface area contributed by atoms with Crippen molar-refractivity contribution in [2.24, 2.45) is 111 Å². The van der Waals surface area contributed by atoms with E-state index >= 15 is 0 Å². The predicted octanol–water partition coefficient (Wildman–Crippen LogP) is -9.28. The van der Waals surface area contributed by atoms with Crippen LogP contribution in [0, 0.1) is 5.92 Å². The van der Waals surface area contributed by atoms with Crippen molar-refractivity contribution in [3.63, 3.8) is 0 Å². The molecule has 0 radical (unpaired) electrons. The molecule has 512 valence electrons. The number of rotatable bonds is 49. The molecular weight excluding hydrogens is 1180 g/mol. The zero-order valence-corrected chi connectivity index (χ0v) is 51.8. The highest BCUT2D eigenvalue weighted by Crippen LogP contribution is 2.13. The van der Waals surface area contributed by atoms with Crippen molar-refractivity contribution in [1.29, 1.82) is 0 Å². The third-order valence-electron chi connectivity index (χ3n) is 13.3. The van der Waals surface area contributed by atoms with Crippen LogP contribution in [0.25, 0.3) is 0 Å². The number of carboxylic acid groups (broad SMARTS) is 1. The minimum Gasteiger partial charge on any atom is -0.480 e. The van der Waals surface area contributed by atoms with Gasteiger partial charge < -0.3 is 128 Å². The molecule has 0 aliphatic heterocycles. The molecule has 0 fully saturated rings. The van der Waals surface area contributed by atoms with Crippen molar-refractivity contribution in [3.05, 3.63) is 0 Å². The van der Waals surface area contributed by atoms with Gasteiger partial charge in [-0.1, -0.05) is 13.8 Å². The van der Waals surface area contributed by atoms with Gasteiger partial charge >= 0.3 is 5.97 Å². The summed E-state index contributed by atoms with van der Waals surface area (Å²) in [5.41, 5.74) is 77.9. The molecule has 0 aromatic rings. The molecule has 0 bridgehead atoms. The molecule has 0 spiro atoms. The molecule has 0 aliphatic rings. The summed E-state index contributed by atoms with van der Waals surface area (Å²) in [6, 6.07) is -12.5. The lowest BCUT2D eigenvalue weighted by atomic mass is 10.0. The number of guanidine groups is 5. The van der Waals surface area contributed by atoms with Gasteiger partial charge in [0.05, 0.1) is 6.04 Å². The van der Waals surface area contributed by atoms with E-state index in [-0.39, 0.29) is 146 Å². The molecule has 9 atom stereocenters. The van der Waals surface area contributed by atoms with Crippen molar-refractivity contribution in [1.82, 2.24) is 42.5 Å². The third-order valence-corrected chi connectivity index (χ3v) is 13.3. The number of aliphatic carboxylic acids is 1. The van der Waals surface area contributed by atoms with E-state index in [2.05, 4.69) is 67.5 Å². The number of nitrogens with zero attached hydrogens (tertiary/aromatic N) is 5. The maximum Gasteiger partial charge on any atom is 0.326 e. The smallest absolute Gasteiger partial charge is 0.326 e. The van der Waals surface area contributed by atoms with Crippen LogP contribution in [0.1, 0.15) is 129 Å². The number of unbranched alkanes of at least 4 members (excludes halogenated alkanes) is 2. The van der Waals surface area contributed by atoms with Gasteiger partial charge in [0.15, 0.2) is 29.8 Å². The molecule has 0 saturated carbocycles. The maximum absolute atomic E-state index is 14.6. The van der Waals surface area contributed by atoms with Gasteiger partial charge in [-0.2, -0.15) is 0 Å². The van der Waals surface area contributed by atoms with Crippen molar-refractivity contribution < 1.29 is 53.1 Å². The number of primary amides is 1. The number of carbonyl (C=O) groups is 10. The van der Waals surface area contributed by atoms with Crippen LogP contribution in [0.4, 0.5) is 0 Å². The molecule has 90 heavy (non-hydrogen) atoms. The molecule has 38 nitrogen and oxygen atoms in total. The Labute approximate surface area is 523 Å². The van der Waals surface area contributed by atoms with E-state index in [1.165, 1.54) is 0 Å². The van der Waals surface area contributed by atoms with Gasteiger partial charge in [0.1, 0.15) is 48.3 Å². The first-order valence-corrected chi connectivity index (χ1v) is 29.8. The second-order valence-electron chi connectivity index (χ2n) is 21.4. The number of aliphatic imine (C=N–C) groups is 5. The van der Waals surface area contributed by atoms with Gasteiger partial charge in [0.25, 0.3) is 0 Å².